The van der Waals surface area contributed by atoms with Crippen molar-refractivity contribution in [1.82, 2.24) is 4.67 Å². The van der Waals surface area contributed by atoms with Crippen molar-refractivity contribution in [3.05, 3.63) is 96.1 Å². The molecule has 0 aliphatic carbocycles. The van der Waals surface area contributed by atoms with Crippen molar-refractivity contribution in [3.8, 4) is 0 Å². The first-order chi connectivity index (χ1) is 14.2. The maximum atomic E-state index is 2.59. The van der Waals surface area contributed by atoms with Crippen molar-refractivity contribution in [3.63, 3.8) is 0 Å². The minimum Gasteiger partial charge on any atom is -0.199 e. The molecule has 5 rings (SSSR count). The van der Waals surface area contributed by atoms with E-state index in [-0.39, 0.29) is 0 Å². The van der Waals surface area contributed by atoms with E-state index in [9.17, 15) is 0 Å². The van der Waals surface area contributed by atoms with Crippen LogP contribution >= 0.6 is 8.52 Å². The third-order valence-corrected chi connectivity index (χ3v) is 7.78. The van der Waals surface area contributed by atoms with E-state index in [1.165, 1.54) is 41.2 Å². The highest BCUT2D eigenvalue weighted by molar-refractivity contribution is 7.21. The van der Waals surface area contributed by atoms with Crippen LogP contribution in [-0.4, -0.2) is 22.1 Å². The molecule has 0 amide bonds. The average molecular weight is 397 g/mol. The summed E-state index contributed by atoms with van der Waals surface area (Å²) in [5, 5.41) is 5.40. The summed E-state index contributed by atoms with van der Waals surface area (Å²) in [7, 11) is 1.31. The lowest BCUT2D eigenvalue weighted by atomic mass is 9.99. The second kappa shape index (κ2) is 7.71. The molecule has 0 saturated carbocycles. The number of hydrogen-bond donors (Lipinski definition) is 0. The molecule has 4 aromatic rings. The Morgan fingerprint density at radius 3 is 1.97 bits per heavy atom. The van der Waals surface area contributed by atoms with Crippen LogP contribution in [0.15, 0.2) is 84.9 Å². The zero-order chi connectivity index (χ0) is 19.8. The fourth-order valence-corrected chi connectivity index (χ4v) is 5.75. The molecule has 3 heteroatoms. The Hall–Kier alpha value is -2.54. The standard InChI is InChI=1S/C26H26N2P/c1-19(23-15-7-11-21-9-3-5-13-25(21)23)27-17-18-28(29-27)20(2)24-16-8-12-22-10-4-6-14-26(22)24/h3-16,19-20H,17-18H2,1-2H3/q+1. The van der Waals surface area contributed by atoms with Gasteiger partial charge in [-0.05, 0) is 34.0 Å². The van der Waals surface area contributed by atoms with Crippen LogP contribution in [0.25, 0.3) is 21.5 Å². The molecule has 2 atom stereocenters. The number of fused-ring (bicyclic) bond motifs is 2. The average Bonchev–Trinajstić information content (AvgIpc) is 3.28. The van der Waals surface area contributed by atoms with Crippen LogP contribution in [0.4, 0.5) is 0 Å². The van der Waals surface area contributed by atoms with Gasteiger partial charge in [0.05, 0.1) is 6.54 Å². The quantitative estimate of drug-likeness (QED) is 0.330. The van der Waals surface area contributed by atoms with Gasteiger partial charge in [-0.2, -0.15) is 9.00 Å². The fourth-order valence-electron chi connectivity index (χ4n) is 4.53. The third kappa shape index (κ3) is 3.37. The van der Waals surface area contributed by atoms with Crippen molar-refractivity contribution in [2.45, 2.75) is 25.9 Å². The molecule has 0 spiro atoms. The van der Waals surface area contributed by atoms with E-state index >= 15 is 0 Å². The summed E-state index contributed by atoms with van der Waals surface area (Å²) < 4.78 is 5.17. The van der Waals surface area contributed by atoms with Gasteiger partial charge in [-0.15, -0.1) is 0 Å². The van der Waals surface area contributed by atoms with E-state index in [0.717, 1.165) is 13.1 Å². The van der Waals surface area contributed by atoms with Gasteiger partial charge in [0, 0.05) is 18.5 Å². The van der Waals surface area contributed by atoms with Crippen molar-refractivity contribution < 1.29 is 4.33 Å². The van der Waals surface area contributed by atoms with Gasteiger partial charge >= 0.3 is 8.52 Å². The minimum absolute atomic E-state index is 0.396. The van der Waals surface area contributed by atoms with Crippen LogP contribution in [0.2, 0.25) is 0 Å². The molecular weight excluding hydrogens is 371 g/mol. The third-order valence-electron chi connectivity index (χ3n) is 6.23. The van der Waals surface area contributed by atoms with Crippen molar-refractivity contribution >= 4 is 30.1 Å². The number of hydrogen-bond acceptors (Lipinski definition) is 1. The van der Waals surface area contributed by atoms with Crippen molar-refractivity contribution in [2.24, 2.45) is 0 Å². The minimum atomic E-state index is 0.396. The van der Waals surface area contributed by atoms with Crippen LogP contribution in [0, 0.1) is 0 Å². The largest absolute Gasteiger partial charge is 0.309 e. The van der Waals surface area contributed by atoms with Gasteiger partial charge in [0.15, 0.2) is 12.6 Å². The predicted molar refractivity (Wildman–Crippen MR) is 123 cm³/mol. The van der Waals surface area contributed by atoms with E-state index in [2.05, 4.69) is 108 Å². The maximum Gasteiger partial charge on any atom is 0.309 e. The second-order valence-electron chi connectivity index (χ2n) is 7.90. The lowest BCUT2D eigenvalue weighted by Gasteiger charge is -2.19. The molecule has 144 valence electrons. The highest BCUT2D eigenvalue weighted by Gasteiger charge is 2.31. The summed E-state index contributed by atoms with van der Waals surface area (Å²) in [5.74, 6) is 0. The fraction of sp³-hybridized carbons (Fsp3) is 0.231. The Labute approximate surface area is 174 Å². The van der Waals surface area contributed by atoms with Gasteiger partial charge in [-0.3, -0.25) is 0 Å². The zero-order valence-electron chi connectivity index (χ0n) is 17.0. The molecule has 1 aliphatic rings. The first-order valence-electron chi connectivity index (χ1n) is 10.4. The SMILES string of the molecule is CC(c1cccc2ccccc12)N1CC[N+](C(C)c2cccc3ccccc23)=P1. The summed E-state index contributed by atoms with van der Waals surface area (Å²) in [4.78, 5) is 0. The van der Waals surface area contributed by atoms with Crippen LogP contribution in [0.1, 0.15) is 37.1 Å². The normalized spacial score (nSPS) is 17.4. The van der Waals surface area contributed by atoms with E-state index in [1.807, 2.05) is 0 Å². The Balaban J connectivity index is 1.46. The molecule has 29 heavy (non-hydrogen) atoms. The van der Waals surface area contributed by atoms with E-state index in [0.29, 0.717) is 12.1 Å². The van der Waals surface area contributed by atoms with Crippen LogP contribution in [0.3, 0.4) is 0 Å². The summed E-state index contributed by atoms with van der Waals surface area (Å²) in [6, 6.07) is 31.7. The van der Waals surface area contributed by atoms with E-state index in [1.54, 1.807) is 0 Å². The lowest BCUT2D eigenvalue weighted by molar-refractivity contribution is -0.537. The van der Waals surface area contributed by atoms with Gasteiger partial charge in [0.1, 0.15) is 0 Å². The molecule has 0 aromatic heterocycles. The van der Waals surface area contributed by atoms with Crippen molar-refractivity contribution in [2.75, 3.05) is 13.1 Å². The van der Waals surface area contributed by atoms with E-state index < -0.39 is 0 Å². The van der Waals surface area contributed by atoms with Gasteiger partial charge in [-0.25, -0.2) is 0 Å². The molecule has 0 radical (unpaired) electrons. The molecule has 4 aromatic carbocycles. The summed E-state index contributed by atoms with van der Waals surface area (Å²) in [6.45, 7) is 6.89. The number of nitrogens with zero attached hydrogens (tertiary/aromatic N) is 2. The second-order valence-corrected chi connectivity index (χ2v) is 9.11. The lowest BCUT2D eigenvalue weighted by Crippen LogP contribution is -2.18. The number of benzene rings is 4. The van der Waals surface area contributed by atoms with Gasteiger partial charge in [0.25, 0.3) is 0 Å². The molecule has 0 bridgehead atoms. The summed E-state index contributed by atoms with van der Waals surface area (Å²) in [6.07, 6.45) is 0. The molecular formula is C26H26N2P+. The van der Waals surface area contributed by atoms with Gasteiger partial charge in [-0.1, -0.05) is 84.9 Å². The van der Waals surface area contributed by atoms with Crippen LogP contribution < -0.4 is 0 Å². The van der Waals surface area contributed by atoms with E-state index in [4.69, 9.17) is 0 Å². The smallest absolute Gasteiger partial charge is 0.199 e. The summed E-state index contributed by atoms with van der Waals surface area (Å²) >= 11 is 0. The Bertz CT molecular complexity index is 1200. The van der Waals surface area contributed by atoms with Crippen LogP contribution in [0.5, 0.6) is 0 Å². The number of rotatable bonds is 4. The molecule has 0 saturated heterocycles. The maximum absolute atomic E-state index is 2.59. The topological polar surface area (TPSA) is 6.25 Å². The zero-order valence-corrected chi connectivity index (χ0v) is 17.9. The summed E-state index contributed by atoms with van der Waals surface area (Å²) in [5.41, 5.74) is 2.85. The Kier molecular flexibility index (Phi) is 4.91. The Morgan fingerprint density at radius 2 is 1.28 bits per heavy atom. The molecule has 2 unspecified atom stereocenters. The molecule has 1 aliphatic heterocycles. The van der Waals surface area contributed by atoms with Crippen LogP contribution in [-0.2, 0) is 0 Å². The molecule has 1 heterocycles. The molecule has 0 N–H and O–H groups in total. The molecule has 0 fully saturated rings. The highest BCUT2D eigenvalue weighted by atomic mass is 31.1. The Morgan fingerprint density at radius 1 is 0.724 bits per heavy atom. The first-order valence-corrected chi connectivity index (χ1v) is 11.2. The van der Waals surface area contributed by atoms with Gasteiger partial charge in [0.2, 0.25) is 0 Å². The first kappa shape index (κ1) is 18.5. The van der Waals surface area contributed by atoms with Gasteiger partial charge < -0.3 is 0 Å². The molecule has 2 nitrogen and oxygen atoms in total. The highest BCUT2D eigenvalue weighted by Crippen LogP contribution is 2.37. The predicted octanol–water partition coefficient (Wildman–Crippen LogP) is 7.19. The van der Waals surface area contributed by atoms with Crippen molar-refractivity contribution in [1.29, 1.82) is 0 Å². The monoisotopic (exact) mass is 397 g/mol.